The van der Waals surface area contributed by atoms with Gasteiger partial charge in [-0.2, -0.15) is 0 Å². The number of benzene rings is 2. The van der Waals surface area contributed by atoms with Gasteiger partial charge in [0.15, 0.2) is 0 Å². The lowest BCUT2D eigenvalue weighted by atomic mass is 10.1. The van der Waals surface area contributed by atoms with Gasteiger partial charge in [0, 0.05) is 12.6 Å². The smallest absolute Gasteiger partial charge is 0.315 e. The molecule has 2 aliphatic rings. The molecule has 33 heavy (non-hydrogen) atoms. The highest BCUT2D eigenvalue weighted by Gasteiger charge is 2.45. The van der Waals surface area contributed by atoms with Crippen molar-refractivity contribution in [2.45, 2.75) is 38.4 Å². The van der Waals surface area contributed by atoms with Crippen LogP contribution >= 0.6 is 0 Å². The first-order valence-corrected chi connectivity index (χ1v) is 11.0. The largest absolute Gasteiger partial charge is 0.497 e. The molecule has 0 bridgehead atoms. The summed E-state index contributed by atoms with van der Waals surface area (Å²) in [4.78, 5) is 40.0. The number of amides is 4. The number of hydrogen-bond donors (Lipinski definition) is 3. The molecule has 2 unspecified atom stereocenters. The van der Waals surface area contributed by atoms with Gasteiger partial charge in [0.05, 0.1) is 24.4 Å². The van der Waals surface area contributed by atoms with E-state index in [1.54, 1.807) is 24.1 Å². The third kappa shape index (κ3) is 4.84. The van der Waals surface area contributed by atoms with Crippen LogP contribution in [-0.4, -0.2) is 54.5 Å². The molecule has 2 aromatic rings. The number of urea groups is 1. The number of nitrogens with zero attached hydrogens (tertiary/aromatic N) is 1. The summed E-state index contributed by atoms with van der Waals surface area (Å²) in [6.07, 6.45) is 4.39. The van der Waals surface area contributed by atoms with Gasteiger partial charge >= 0.3 is 6.03 Å². The Bertz CT molecular complexity index is 1090. The van der Waals surface area contributed by atoms with E-state index in [4.69, 9.17) is 4.74 Å². The molecule has 172 valence electrons. The lowest BCUT2D eigenvalue weighted by Gasteiger charge is -2.25. The summed E-state index contributed by atoms with van der Waals surface area (Å²) in [5.41, 5.74) is 2.76. The topological polar surface area (TPSA) is 99.8 Å². The Morgan fingerprint density at radius 3 is 2.52 bits per heavy atom. The Kier molecular flexibility index (Phi) is 6.35. The molecule has 0 saturated carbocycles. The minimum Gasteiger partial charge on any atom is -0.497 e. The van der Waals surface area contributed by atoms with Gasteiger partial charge in [-0.25, -0.2) is 4.79 Å². The monoisotopic (exact) mass is 448 g/mol. The molecule has 0 radical (unpaired) electrons. The Hall–Kier alpha value is -3.81. The molecule has 2 aromatic carbocycles. The summed E-state index contributed by atoms with van der Waals surface area (Å²) in [6.45, 7) is 4.12. The molecule has 8 heteroatoms. The normalized spacial score (nSPS) is 19.7. The van der Waals surface area contributed by atoms with Crippen LogP contribution in [0.25, 0.3) is 12.2 Å². The van der Waals surface area contributed by atoms with E-state index in [0.29, 0.717) is 24.2 Å². The van der Waals surface area contributed by atoms with Gasteiger partial charge in [-0.15, -0.1) is 0 Å². The van der Waals surface area contributed by atoms with Crippen molar-refractivity contribution in [1.82, 2.24) is 15.5 Å². The maximum absolute atomic E-state index is 13.3. The Labute approximate surface area is 193 Å². The first-order chi connectivity index (χ1) is 15.9. The van der Waals surface area contributed by atoms with Crippen LogP contribution in [0.4, 0.5) is 10.5 Å². The summed E-state index contributed by atoms with van der Waals surface area (Å²) < 4.78 is 5.18. The average Bonchev–Trinajstić information content (AvgIpc) is 3.16. The number of anilines is 1. The predicted molar refractivity (Wildman–Crippen MR) is 127 cm³/mol. The summed E-state index contributed by atoms with van der Waals surface area (Å²) in [6, 6.07) is 11.5. The quantitative estimate of drug-likeness (QED) is 0.612. The standard InChI is InChI=1S/C25H28N4O4/c1-15(2)26-25(32)28-21-12-13-29-22(21)23(30)27-20-11-8-17(14-19(20)24(29)31)5-4-16-6-9-18(33-3)10-7-16/h4-11,14-15,21-22H,12-13H2,1-3H3,(H,27,30)(H2,26,28,32). The minimum atomic E-state index is -0.749. The third-order valence-corrected chi connectivity index (χ3v) is 5.78. The molecule has 4 amide bonds. The second-order valence-electron chi connectivity index (χ2n) is 8.51. The van der Waals surface area contributed by atoms with Crippen molar-refractivity contribution in [3.05, 3.63) is 59.2 Å². The molecule has 3 N–H and O–H groups in total. The lowest BCUT2D eigenvalue weighted by molar-refractivity contribution is -0.120. The predicted octanol–water partition coefficient (Wildman–Crippen LogP) is 3.11. The summed E-state index contributed by atoms with van der Waals surface area (Å²) >= 11 is 0. The first-order valence-electron chi connectivity index (χ1n) is 11.0. The number of carbonyl (C=O) groups is 3. The van der Waals surface area contributed by atoms with E-state index in [-0.39, 0.29) is 23.9 Å². The van der Waals surface area contributed by atoms with E-state index in [2.05, 4.69) is 16.0 Å². The van der Waals surface area contributed by atoms with Crippen molar-refractivity contribution in [3.8, 4) is 5.75 Å². The second kappa shape index (κ2) is 9.36. The lowest BCUT2D eigenvalue weighted by Crippen LogP contribution is -2.54. The van der Waals surface area contributed by atoms with E-state index in [0.717, 1.165) is 16.9 Å². The second-order valence-corrected chi connectivity index (χ2v) is 8.51. The van der Waals surface area contributed by atoms with Crippen LogP contribution in [0.5, 0.6) is 5.75 Å². The molecule has 0 aromatic heterocycles. The molecular formula is C25H28N4O4. The Balaban J connectivity index is 1.54. The molecule has 8 nitrogen and oxygen atoms in total. The van der Waals surface area contributed by atoms with Crippen LogP contribution in [-0.2, 0) is 4.79 Å². The van der Waals surface area contributed by atoms with Crippen molar-refractivity contribution in [1.29, 1.82) is 0 Å². The number of methoxy groups -OCH3 is 1. The third-order valence-electron chi connectivity index (χ3n) is 5.78. The number of hydrogen-bond acceptors (Lipinski definition) is 4. The highest BCUT2D eigenvalue weighted by atomic mass is 16.5. The van der Waals surface area contributed by atoms with Crippen molar-refractivity contribution in [2.24, 2.45) is 0 Å². The molecule has 2 aliphatic heterocycles. The molecule has 4 rings (SSSR count). The van der Waals surface area contributed by atoms with Crippen molar-refractivity contribution >= 4 is 35.7 Å². The van der Waals surface area contributed by atoms with Gasteiger partial charge in [0.25, 0.3) is 5.91 Å². The SMILES string of the molecule is COc1ccc(C=Cc2ccc3c(c2)C(=O)N2CCC(NC(=O)NC(C)C)C2C(=O)N3)cc1. The summed E-state index contributed by atoms with van der Waals surface area (Å²) in [5, 5.41) is 8.48. The van der Waals surface area contributed by atoms with Crippen LogP contribution in [0.3, 0.4) is 0 Å². The fourth-order valence-corrected chi connectivity index (χ4v) is 4.19. The summed E-state index contributed by atoms with van der Waals surface area (Å²) in [5.74, 6) is 0.269. The van der Waals surface area contributed by atoms with Gasteiger partial charge in [0.2, 0.25) is 5.91 Å². The molecule has 0 spiro atoms. The maximum atomic E-state index is 13.3. The molecule has 2 heterocycles. The van der Waals surface area contributed by atoms with Crippen molar-refractivity contribution < 1.29 is 19.1 Å². The zero-order valence-electron chi connectivity index (χ0n) is 18.9. The number of carbonyl (C=O) groups excluding carboxylic acids is 3. The molecule has 2 atom stereocenters. The maximum Gasteiger partial charge on any atom is 0.315 e. The van der Waals surface area contributed by atoms with Gasteiger partial charge in [-0.3, -0.25) is 9.59 Å². The van der Waals surface area contributed by atoms with Crippen LogP contribution < -0.4 is 20.7 Å². The minimum absolute atomic E-state index is 0.0271. The van der Waals surface area contributed by atoms with Crippen molar-refractivity contribution in [2.75, 3.05) is 19.0 Å². The Morgan fingerprint density at radius 2 is 1.82 bits per heavy atom. The Morgan fingerprint density at radius 1 is 1.12 bits per heavy atom. The number of ether oxygens (including phenoxy) is 1. The van der Waals surface area contributed by atoms with Crippen LogP contribution in [0.2, 0.25) is 0 Å². The van der Waals surface area contributed by atoms with Crippen LogP contribution in [0, 0.1) is 0 Å². The zero-order valence-corrected chi connectivity index (χ0v) is 18.9. The zero-order chi connectivity index (χ0) is 23.5. The van der Waals surface area contributed by atoms with Gasteiger partial charge in [-0.1, -0.05) is 30.4 Å². The van der Waals surface area contributed by atoms with Crippen LogP contribution in [0.1, 0.15) is 41.8 Å². The molecule has 1 saturated heterocycles. The average molecular weight is 449 g/mol. The fraction of sp³-hybridized carbons (Fsp3) is 0.320. The van der Waals surface area contributed by atoms with E-state index in [1.807, 2.05) is 56.3 Å². The molecule has 1 fully saturated rings. The van der Waals surface area contributed by atoms with Gasteiger partial charge in [-0.05, 0) is 55.7 Å². The highest BCUT2D eigenvalue weighted by molar-refractivity contribution is 6.11. The van der Waals surface area contributed by atoms with Crippen molar-refractivity contribution in [3.63, 3.8) is 0 Å². The van der Waals surface area contributed by atoms with E-state index in [1.165, 1.54) is 0 Å². The first kappa shape index (κ1) is 22.4. The highest BCUT2D eigenvalue weighted by Crippen LogP contribution is 2.30. The fourth-order valence-electron chi connectivity index (χ4n) is 4.19. The van der Waals surface area contributed by atoms with Gasteiger partial charge in [0.1, 0.15) is 11.8 Å². The number of fused-ring (bicyclic) bond motifs is 2. The molecular weight excluding hydrogens is 420 g/mol. The molecule has 0 aliphatic carbocycles. The van der Waals surface area contributed by atoms with E-state index < -0.39 is 12.1 Å². The summed E-state index contributed by atoms with van der Waals surface area (Å²) in [7, 11) is 1.62. The number of rotatable bonds is 5. The van der Waals surface area contributed by atoms with Gasteiger partial charge < -0.3 is 25.6 Å². The van der Waals surface area contributed by atoms with E-state index in [9.17, 15) is 14.4 Å². The van der Waals surface area contributed by atoms with E-state index >= 15 is 0 Å². The van der Waals surface area contributed by atoms with Crippen LogP contribution in [0.15, 0.2) is 42.5 Å². The number of nitrogens with one attached hydrogen (secondary N) is 3.